The molecule has 0 radical (unpaired) electrons. The molecule has 0 aliphatic rings. The topological polar surface area (TPSA) is 86.8 Å². The van der Waals surface area contributed by atoms with Crippen molar-refractivity contribution in [1.82, 2.24) is 10.2 Å². The van der Waals surface area contributed by atoms with Gasteiger partial charge in [0.15, 0.2) is 0 Å². The molecule has 0 saturated heterocycles. The maximum Gasteiger partial charge on any atom is 0.243 e. The van der Waals surface area contributed by atoms with Gasteiger partial charge in [-0.3, -0.25) is 13.9 Å². The number of anilines is 1. The lowest BCUT2D eigenvalue weighted by Crippen LogP contribution is -2.51. The van der Waals surface area contributed by atoms with Crippen molar-refractivity contribution >= 4 is 62.3 Å². The summed E-state index contributed by atoms with van der Waals surface area (Å²) >= 11 is 18.6. The van der Waals surface area contributed by atoms with E-state index in [2.05, 4.69) is 5.32 Å². The Morgan fingerprint density at radius 1 is 0.907 bits per heavy atom. The van der Waals surface area contributed by atoms with Crippen LogP contribution in [0.1, 0.15) is 43.4 Å². The van der Waals surface area contributed by atoms with Crippen molar-refractivity contribution in [2.75, 3.05) is 23.7 Å². The third-order valence-electron chi connectivity index (χ3n) is 6.88. The van der Waals surface area contributed by atoms with Gasteiger partial charge in [0, 0.05) is 37.5 Å². The van der Waals surface area contributed by atoms with Gasteiger partial charge in [0.25, 0.3) is 0 Å². The van der Waals surface area contributed by atoms with Crippen LogP contribution in [0.25, 0.3) is 0 Å². The highest BCUT2D eigenvalue weighted by Gasteiger charge is 2.31. The first-order valence-corrected chi connectivity index (χ1v) is 17.0. The fourth-order valence-electron chi connectivity index (χ4n) is 4.64. The Morgan fingerprint density at radius 2 is 1.60 bits per heavy atom. The fraction of sp³-hybridized carbons (Fsp3) is 0.375. The number of benzene rings is 3. The smallest absolute Gasteiger partial charge is 0.243 e. The summed E-state index contributed by atoms with van der Waals surface area (Å²) in [5.74, 6) is -0.335. The van der Waals surface area contributed by atoms with Crippen LogP contribution >= 0.6 is 34.8 Å². The first kappa shape index (κ1) is 34.7. The minimum Gasteiger partial charge on any atom is -0.354 e. The van der Waals surface area contributed by atoms with Crippen LogP contribution in [-0.4, -0.2) is 50.5 Å². The molecule has 3 rings (SSSR count). The van der Waals surface area contributed by atoms with E-state index in [-0.39, 0.29) is 43.7 Å². The quantitative estimate of drug-likeness (QED) is 0.203. The van der Waals surface area contributed by atoms with Gasteiger partial charge in [0.05, 0.1) is 22.0 Å². The number of amides is 2. The zero-order valence-electron chi connectivity index (χ0n) is 24.8. The number of hydrogen-bond acceptors (Lipinski definition) is 4. The van der Waals surface area contributed by atoms with Gasteiger partial charge in [0.1, 0.15) is 6.04 Å². The summed E-state index contributed by atoms with van der Waals surface area (Å²) < 4.78 is 26.8. The van der Waals surface area contributed by atoms with E-state index < -0.39 is 16.1 Å². The Morgan fingerprint density at radius 3 is 2.23 bits per heavy atom. The van der Waals surface area contributed by atoms with Crippen LogP contribution in [0.3, 0.4) is 0 Å². The highest BCUT2D eigenvalue weighted by Crippen LogP contribution is 2.28. The van der Waals surface area contributed by atoms with Crippen molar-refractivity contribution in [2.24, 2.45) is 5.92 Å². The average Bonchev–Trinajstić information content (AvgIpc) is 2.94. The minimum absolute atomic E-state index is 0.00963. The molecule has 0 unspecified atom stereocenters. The molecular formula is C32H38Cl3N3O4S. The maximum absolute atomic E-state index is 14.0. The number of aryl methyl sites for hydroxylation is 1. The Hall–Kier alpha value is -2.78. The molecule has 3 aromatic rings. The molecule has 2 amide bonds. The summed E-state index contributed by atoms with van der Waals surface area (Å²) in [6, 6.07) is 18.9. The van der Waals surface area contributed by atoms with Crippen LogP contribution in [0.15, 0.2) is 66.7 Å². The van der Waals surface area contributed by atoms with Crippen molar-refractivity contribution in [3.8, 4) is 0 Å². The first-order chi connectivity index (χ1) is 20.3. The second-order valence-electron chi connectivity index (χ2n) is 11.0. The lowest BCUT2D eigenvalue weighted by Gasteiger charge is -2.32. The SMILES string of the molecule is Cc1ccc(Cl)cc1N(CCCC(=O)N(Cc1ccc(Cl)c(Cl)c1)[C@@H](Cc1ccccc1)C(=O)NCC(C)C)S(C)(=O)=O. The zero-order valence-corrected chi connectivity index (χ0v) is 27.9. The molecule has 3 aromatic carbocycles. The third kappa shape index (κ3) is 10.4. The Bertz CT molecular complexity index is 1520. The number of rotatable bonds is 14. The van der Waals surface area contributed by atoms with Crippen molar-refractivity contribution < 1.29 is 18.0 Å². The van der Waals surface area contributed by atoms with Crippen molar-refractivity contribution in [1.29, 1.82) is 0 Å². The molecule has 0 heterocycles. The van der Waals surface area contributed by atoms with Gasteiger partial charge in [-0.05, 0) is 60.2 Å². The minimum atomic E-state index is -3.66. The Labute approximate surface area is 270 Å². The fourth-order valence-corrected chi connectivity index (χ4v) is 6.15. The third-order valence-corrected chi connectivity index (χ3v) is 9.04. The van der Waals surface area contributed by atoms with E-state index in [1.54, 1.807) is 48.2 Å². The van der Waals surface area contributed by atoms with E-state index in [1.807, 2.05) is 44.2 Å². The molecule has 232 valence electrons. The van der Waals surface area contributed by atoms with E-state index in [4.69, 9.17) is 34.8 Å². The Balaban J connectivity index is 1.92. The molecule has 0 saturated carbocycles. The molecule has 0 aromatic heterocycles. The molecule has 0 fully saturated rings. The second-order valence-corrected chi connectivity index (χ2v) is 14.1. The van der Waals surface area contributed by atoms with Gasteiger partial charge >= 0.3 is 0 Å². The van der Waals surface area contributed by atoms with Crippen molar-refractivity contribution in [3.05, 3.63) is 98.5 Å². The normalized spacial score (nSPS) is 12.2. The zero-order chi connectivity index (χ0) is 31.7. The van der Waals surface area contributed by atoms with Crippen LogP contribution in [0.2, 0.25) is 15.1 Å². The van der Waals surface area contributed by atoms with Crippen LogP contribution in [-0.2, 0) is 32.6 Å². The number of halogens is 3. The molecule has 1 atom stereocenters. The largest absolute Gasteiger partial charge is 0.354 e. The summed E-state index contributed by atoms with van der Waals surface area (Å²) in [6.45, 7) is 6.44. The molecular weight excluding hydrogens is 629 g/mol. The van der Waals surface area contributed by atoms with Gasteiger partial charge in [-0.15, -0.1) is 0 Å². The maximum atomic E-state index is 14.0. The number of sulfonamides is 1. The van der Waals surface area contributed by atoms with Crippen LogP contribution < -0.4 is 9.62 Å². The number of nitrogens with zero attached hydrogens (tertiary/aromatic N) is 2. The molecule has 0 aliphatic heterocycles. The molecule has 11 heteroatoms. The van der Waals surface area contributed by atoms with E-state index >= 15 is 0 Å². The van der Waals surface area contributed by atoms with Gasteiger partial charge in [0.2, 0.25) is 21.8 Å². The van der Waals surface area contributed by atoms with Gasteiger partial charge in [-0.2, -0.15) is 0 Å². The standard InChI is InChI=1S/C32H38Cl3N3O4S/c1-22(2)20-36-32(40)30(18-24-9-6-5-7-10-24)37(21-25-13-15-27(34)28(35)17-25)31(39)11-8-16-38(43(4,41)42)29-19-26(33)14-12-23(29)3/h5-7,9-10,12-15,17,19,22,30H,8,11,16,18,20-21H2,1-4H3,(H,36,40)/t30-/m0/s1. The van der Waals surface area contributed by atoms with Crippen LogP contribution in [0, 0.1) is 12.8 Å². The van der Waals surface area contributed by atoms with E-state index in [0.717, 1.165) is 17.4 Å². The predicted molar refractivity (Wildman–Crippen MR) is 176 cm³/mol. The molecule has 7 nitrogen and oxygen atoms in total. The number of carbonyl (C=O) groups is 2. The predicted octanol–water partition coefficient (Wildman–Crippen LogP) is 6.91. The van der Waals surface area contributed by atoms with Crippen molar-refractivity contribution in [3.63, 3.8) is 0 Å². The first-order valence-electron chi connectivity index (χ1n) is 14.0. The van der Waals surface area contributed by atoms with Gasteiger partial charge in [-0.1, -0.05) is 91.1 Å². The average molecular weight is 667 g/mol. The summed E-state index contributed by atoms with van der Waals surface area (Å²) in [7, 11) is -3.66. The monoisotopic (exact) mass is 665 g/mol. The lowest BCUT2D eigenvalue weighted by molar-refractivity contribution is -0.141. The molecule has 0 aliphatic carbocycles. The molecule has 0 spiro atoms. The van der Waals surface area contributed by atoms with E-state index in [9.17, 15) is 18.0 Å². The highest BCUT2D eigenvalue weighted by molar-refractivity contribution is 7.92. The van der Waals surface area contributed by atoms with Gasteiger partial charge < -0.3 is 10.2 Å². The van der Waals surface area contributed by atoms with E-state index in [0.29, 0.717) is 39.3 Å². The van der Waals surface area contributed by atoms with Crippen LogP contribution in [0.5, 0.6) is 0 Å². The number of hydrogen-bond donors (Lipinski definition) is 1. The second kappa shape index (κ2) is 15.8. The highest BCUT2D eigenvalue weighted by atomic mass is 35.5. The summed E-state index contributed by atoms with van der Waals surface area (Å²) in [5, 5.41) is 4.13. The molecule has 43 heavy (non-hydrogen) atoms. The van der Waals surface area contributed by atoms with Crippen LogP contribution in [0.4, 0.5) is 5.69 Å². The molecule has 1 N–H and O–H groups in total. The number of carbonyl (C=O) groups excluding carboxylic acids is 2. The van der Waals surface area contributed by atoms with Crippen molar-refractivity contribution in [2.45, 2.75) is 52.6 Å². The molecule has 0 bridgehead atoms. The van der Waals surface area contributed by atoms with E-state index in [1.165, 1.54) is 4.31 Å². The number of nitrogens with one attached hydrogen (secondary N) is 1. The Kier molecular flexibility index (Phi) is 12.8. The summed E-state index contributed by atoms with van der Waals surface area (Å²) in [5.41, 5.74) is 2.82. The summed E-state index contributed by atoms with van der Waals surface area (Å²) in [6.07, 6.45) is 1.66. The van der Waals surface area contributed by atoms with Gasteiger partial charge in [-0.25, -0.2) is 8.42 Å². The summed E-state index contributed by atoms with van der Waals surface area (Å²) in [4.78, 5) is 29.1. The lowest BCUT2D eigenvalue weighted by atomic mass is 10.0.